The molecule has 0 aromatic heterocycles. The highest BCUT2D eigenvalue weighted by Gasteiger charge is 2.66. The van der Waals surface area contributed by atoms with Gasteiger partial charge >= 0.3 is 0 Å². The van der Waals surface area contributed by atoms with E-state index in [0.717, 1.165) is 37.5 Å². The van der Waals surface area contributed by atoms with Crippen LogP contribution in [0, 0.1) is 29.6 Å². The van der Waals surface area contributed by atoms with E-state index in [-0.39, 0.29) is 5.91 Å². The van der Waals surface area contributed by atoms with Crippen LogP contribution in [0.4, 0.5) is 0 Å². The van der Waals surface area contributed by atoms with Crippen molar-refractivity contribution in [2.24, 2.45) is 35.3 Å². The Morgan fingerprint density at radius 3 is 2.19 bits per heavy atom. The molecule has 0 unspecified atom stereocenters. The van der Waals surface area contributed by atoms with Crippen molar-refractivity contribution in [3.63, 3.8) is 0 Å². The summed E-state index contributed by atoms with van der Waals surface area (Å²) in [5.74, 6) is 2.08. The van der Waals surface area contributed by atoms with E-state index in [9.17, 15) is 4.79 Å². The van der Waals surface area contributed by atoms with Gasteiger partial charge in [-0.3, -0.25) is 4.79 Å². The molecular formula is C21H34N2O4. The molecule has 27 heavy (non-hydrogen) atoms. The molecule has 5 aliphatic carbocycles. The Labute approximate surface area is 161 Å². The molecule has 0 aromatic carbocycles. The Morgan fingerprint density at radius 2 is 1.63 bits per heavy atom. The zero-order chi connectivity index (χ0) is 18.9. The first-order chi connectivity index (χ1) is 12.8. The Hall–Kier alpha value is -0.690. The lowest BCUT2D eigenvalue weighted by molar-refractivity contribution is -0.390. The molecule has 0 aromatic rings. The number of hydrogen-bond acceptors (Lipinski definition) is 5. The van der Waals surface area contributed by atoms with E-state index < -0.39 is 17.2 Å². The molecule has 6 rings (SSSR count). The van der Waals surface area contributed by atoms with Gasteiger partial charge in [0.15, 0.2) is 0 Å². The maximum atomic E-state index is 12.2. The van der Waals surface area contributed by atoms with Crippen LogP contribution >= 0.6 is 0 Å². The molecule has 1 amide bonds. The predicted octanol–water partition coefficient (Wildman–Crippen LogP) is 3.20. The normalized spacial score (nSPS) is 48.5. The molecule has 1 heterocycles. The van der Waals surface area contributed by atoms with Gasteiger partial charge in [0.05, 0.1) is 5.66 Å². The number of hydrogen-bond donors (Lipinski definition) is 2. The van der Waals surface area contributed by atoms with E-state index in [0.29, 0.717) is 24.2 Å². The summed E-state index contributed by atoms with van der Waals surface area (Å²) in [7, 11) is 0. The summed E-state index contributed by atoms with van der Waals surface area (Å²) in [6.45, 7) is 3.62. The molecule has 5 saturated carbocycles. The van der Waals surface area contributed by atoms with Crippen molar-refractivity contribution in [1.82, 2.24) is 5.32 Å². The fourth-order valence-electron chi connectivity index (χ4n) is 6.79. The topological polar surface area (TPSA) is 82.8 Å². The number of rotatable bonds is 3. The molecule has 6 aliphatic rings. The van der Waals surface area contributed by atoms with Crippen LogP contribution in [0.5, 0.6) is 0 Å². The molecule has 0 atom stereocenters. The van der Waals surface area contributed by atoms with Crippen molar-refractivity contribution in [1.29, 1.82) is 0 Å². The van der Waals surface area contributed by atoms with Gasteiger partial charge in [0, 0.05) is 31.1 Å². The van der Waals surface area contributed by atoms with E-state index in [4.69, 9.17) is 20.2 Å². The van der Waals surface area contributed by atoms with Gasteiger partial charge in [0.1, 0.15) is 0 Å². The average Bonchev–Trinajstić information content (AvgIpc) is 2.93. The Bertz CT molecular complexity index is 578. The van der Waals surface area contributed by atoms with Crippen molar-refractivity contribution in [2.45, 2.75) is 95.3 Å². The first-order valence-electron chi connectivity index (χ1n) is 10.9. The van der Waals surface area contributed by atoms with Gasteiger partial charge in [-0.25, -0.2) is 0 Å². The van der Waals surface area contributed by atoms with E-state index in [1.54, 1.807) is 0 Å². The fraction of sp³-hybridized carbons (Fsp3) is 0.952. The molecular weight excluding hydrogens is 344 g/mol. The van der Waals surface area contributed by atoms with Crippen molar-refractivity contribution in [3.05, 3.63) is 0 Å². The minimum atomic E-state index is -0.662. The minimum absolute atomic E-state index is 0.0328. The number of nitrogens with two attached hydrogens (primary N) is 1. The fourth-order valence-corrected chi connectivity index (χ4v) is 6.79. The molecule has 152 valence electrons. The second-order valence-electron chi connectivity index (χ2n) is 10.6. The monoisotopic (exact) mass is 378 g/mol. The molecule has 1 saturated heterocycles. The molecule has 6 heteroatoms. The largest absolute Gasteiger partial charge is 0.339 e. The van der Waals surface area contributed by atoms with Gasteiger partial charge in [-0.1, -0.05) is 0 Å². The first kappa shape index (κ1) is 18.3. The third kappa shape index (κ3) is 3.22. The second kappa shape index (κ2) is 6.15. The average molecular weight is 379 g/mol. The third-order valence-corrected chi connectivity index (χ3v) is 7.75. The van der Waals surface area contributed by atoms with E-state index >= 15 is 0 Å². The maximum Gasteiger partial charge on any atom is 0.221 e. The SMILES string of the molecule is CC(C)(N)NC(=O)CC1CCC2(CC1)OOC1(O2)C2CC3CC(C2)CC1C3. The lowest BCUT2D eigenvalue weighted by Crippen LogP contribution is -2.59. The number of carbonyl (C=O) groups excluding carboxylic acids is 1. The highest BCUT2D eigenvalue weighted by Crippen LogP contribution is 2.63. The summed E-state index contributed by atoms with van der Waals surface area (Å²) in [6.07, 6.45) is 10.4. The van der Waals surface area contributed by atoms with Crippen LogP contribution in [-0.4, -0.2) is 23.1 Å². The summed E-state index contributed by atoms with van der Waals surface area (Å²) >= 11 is 0. The zero-order valence-electron chi connectivity index (χ0n) is 16.7. The van der Waals surface area contributed by atoms with Gasteiger partial charge in [0.2, 0.25) is 17.5 Å². The maximum absolute atomic E-state index is 12.2. The van der Waals surface area contributed by atoms with Gasteiger partial charge in [0.25, 0.3) is 0 Å². The van der Waals surface area contributed by atoms with E-state index in [2.05, 4.69) is 5.32 Å². The van der Waals surface area contributed by atoms with Gasteiger partial charge in [-0.15, -0.1) is 0 Å². The van der Waals surface area contributed by atoms with Crippen LogP contribution in [0.15, 0.2) is 0 Å². The molecule has 4 bridgehead atoms. The van der Waals surface area contributed by atoms with Crippen molar-refractivity contribution < 1.29 is 19.3 Å². The highest BCUT2D eigenvalue weighted by atomic mass is 17.3. The van der Waals surface area contributed by atoms with Crippen molar-refractivity contribution >= 4 is 5.91 Å². The molecule has 2 spiro atoms. The van der Waals surface area contributed by atoms with Crippen LogP contribution in [0.1, 0.15) is 78.1 Å². The Balaban J connectivity index is 1.20. The number of nitrogens with one attached hydrogen (secondary N) is 1. The van der Waals surface area contributed by atoms with Crippen LogP contribution in [0.3, 0.4) is 0 Å². The van der Waals surface area contributed by atoms with Gasteiger partial charge < -0.3 is 15.8 Å². The number of ether oxygens (including phenoxy) is 1. The van der Waals surface area contributed by atoms with Crippen LogP contribution in [-0.2, 0) is 19.3 Å². The van der Waals surface area contributed by atoms with Crippen molar-refractivity contribution in [2.75, 3.05) is 0 Å². The predicted molar refractivity (Wildman–Crippen MR) is 98.7 cm³/mol. The molecule has 0 radical (unpaired) electrons. The summed E-state index contributed by atoms with van der Waals surface area (Å²) in [5.41, 5.74) is 5.22. The molecule has 6 fully saturated rings. The van der Waals surface area contributed by atoms with Crippen LogP contribution in [0.2, 0.25) is 0 Å². The molecule has 6 nitrogen and oxygen atoms in total. The second-order valence-corrected chi connectivity index (χ2v) is 10.6. The van der Waals surface area contributed by atoms with Gasteiger partial charge in [-0.2, -0.15) is 9.78 Å². The summed E-state index contributed by atoms with van der Waals surface area (Å²) in [4.78, 5) is 24.2. The summed E-state index contributed by atoms with van der Waals surface area (Å²) < 4.78 is 6.72. The van der Waals surface area contributed by atoms with Crippen LogP contribution in [0.25, 0.3) is 0 Å². The standard InChI is InChI=1S/C21H34N2O4/c1-19(2,22)23-18(24)12-13-3-5-20(6-4-13)25-21(27-26-20)16-8-14-7-15(10-16)11-17(21)9-14/h13-17H,3-12,22H2,1-2H3,(H,23,24). The zero-order valence-corrected chi connectivity index (χ0v) is 16.7. The van der Waals surface area contributed by atoms with E-state index in [1.807, 2.05) is 13.8 Å². The lowest BCUT2D eigenvalue weighted by atomic mass is 9.53. The van der Waals surface area contributed by atoms with E-state index in [1.165, 1.54) is 32.1 Å². The first-order valence-corrected chi connectivity index (χ1v) is 10.9. The lowest BCUT2D eigenvalue weighted by Gasteiger charge is -2.57. The smallest absolute Gasteiger partial charge is 0.221 e. The highest BCUT2D eigenvalue weighted by molar-refractivity contribution is 5.76. The van der Waals surface area contributed by atoms with Crippen LogP contribution < -0.4 is 11.1 Å². The van der Waals surface area contributed by atoms with Crippen molar-refractivity contribution in [3.8, 4) is 0 Å². The Kier molecular flexibility index (Phi) is 4.18. The quantitative estimate of drug-likeness (QED) is 0.582. The minimum Gasteiger partial charge on any atom is -0.339 e. The summed E-state index contributed by atoms with van der Waals surface area (Å²) in [6, 6.07) is 0. The molecule has 3 N–H and O–H groups in total. The Morgan fingerprint density at radius 1 is 1.04 bits per heavy atom. The van der Waals surface area contributed by atoms with Gasteiger partial charge in [-0.05, 0) is 76.5 Å². The summed E-state index contributed by atoms with van der Waals surface area (Å²) in [5, 5.41) is 2.86. The third-order valence-electron chi connectivity index (χ3n) is 7.75. The number of carbonyl (C=O) groups is 1. The number of amides is 1. The molecule has 1 aliphatic heterocycles.